The van der Waals surface area contributed by atoms with E-state index >= 15 is 0 Å². The summed E-state index contributed by atoms with van der Waals surface area (Å²) in [4.78, 5) is 23.5. The van der Waals surface area contributed by atoms with Crippen molar-refractivity contribution in [3.63, 3.8) is 0 Å². The van der Waals surface area contributed by atoms with Crippen molar-refractivity contribution in [2.24, 2.45) is 35.5 Å². The summed E-state index contributed by atoms with van der Waals surface area (Å²) < 4.78 is 35.2. The van der Waals surface area contributed by atoms with Crippen LogP contribution in [0.5, 0.6) is 11.5 Å². The number of hydrogen-bond donors (Lipinski definition) is 2. The predicted octanol–water partition coefficient (Wildman–Crippen LogP) is 6.37. The molecule has 8 fully saturated rings. The van der Waals surface area contributed by atoms with Crippen LogP contribution >= 0.6 is 0 Å². The first-order chi connectivity index (χ1) is 25.9. The van der Waals surface area contributed by atoms with Gasteiger partial charge in [0, 0.05) is 22.3 Å². The zero-order chi connectivity index (χ0) is 38.0. The maximum absolute atomic E-state index is 11.7. The van der Waals surface area contributed by atoms with Crippen LogP contribution in [0, 0.1) is 35.5 Å². The van der Waals surface area contributed by atoms with Crippen LogP contribution in [0.3, 0.4) is 0 Å². The Hall–Kier alpha value is -2.92. The van der Waals surface area contributed by atoms with Crippen molar-refractivity contribution in [1.82, 2.24) is 0 Å². The van der Waals surface area contributed by atoms with E-state index in [0.29, 0.717) is 11.1 Å². The van der Waals surface area contributed by atoms with Crippen molar-refractivity contribution in [3.8, 4) is 11.5 Å². The monoisotopic (exact) mass is 750 g/mol. The average molecular weight is 751 g/mol. The lowest BCUT2D eigenvalue weighted by molar-refractivity contribution is -0.141. The van der Waals surface area contributed by atoms with Gasteiger partial charge in [0.25, 0.3) is 0 Å². The van der Waals surface area contributed by atoms with Crippen molar-refractivity contribution < 1.29 is 48.2 Å². The minimum Gasteiger partial charge on any atom is -0.487 e. The van der Waals surface area contributed by atoms with Crippen LogP contribution in [-0.2, 0) is 39.4 Å². The fourth-order valence-electron chi connectivity index (χ4n) is 12.1. The lowest BCUT2D eigenvalue weighted by atomic mass is 9.47. The van der Waals surface area contributed by atoms with Gasteiger partial charge in [-0.3, -0.25) is 0 Å². The summed E-state index contributed by atoms with van der Waals surface area (Å²) in [6.45, 7) is 10.9. The van der Waals surface area contributed by atoms with Crippen molar-refractivity contribution in [2.45, 2.75) is 114 Å². The average Bonchev–Trinajstić information content (AvgIpc) is 3.11. The van der Waals surface area contributed by atoms with Crippen molar-refractivity contribution >= 4 is 11.9 Å². The molecule has 0 heterocycles. The summed E-state index contributed by atoms with van der Waals surface area (Å²) in [5.41, 5.74) is 3.03. The number of aliphatic hydroxyl groups is 2. The lowest BCUT2D eigenvalue weighted by Crippen LogP contribution is -2.49. The second-order valence-electron chi connectivity index (χ2n) is 18.1. The van der Waals surface area contributed by atoms with Gasteiger partial charge in [-0.15, -0.1) is 0 Å². The summed E-state index contributed by atoms with van der Waals surface area (Å²) in [5, 5.41) is 22.3. The van der Waals surface area contributed by atoms with E-state index in [1.54, 1.807) is 13.8 Å². The Morgan fingerprint density at radius 2 is 0.907 bits per heavy atom. The number of hydrogen-bond acceptors (Lipinski definition) is 10. The van der Waals surface area contributed by atoms with Gasteiger partial charge in [0.1, 0.15) is 38.6 Å². The summed E-state index contributed by atoms with van der Waals surface area (Å²) >= 11 is 0. The topological polar surface area (TPSA) is 130 Å². The van der Waals surface area contributed by atoms with Gasteiger partial charge >= 0.3 is 11.9 Å². The molecule has 8 aliphatic carbocycles. The maximum atomic E-state index is 11.7. The smallest absolute Gasteiger partial charge is 0.333 e. The molecule has 0 aliphatic heterocycles. The number of benzene rings is 1. The molecule has 0 radical (unpaired) electrons. The Labute approximate surface area is 320 Å². The number of rotatable bonds is 20. The molecule has 0 aromatic heterocycles. The van der Waals surface area contributed by atoms with E-state index in [4.69, 9.17) is 28.4 Å². The zero-order valence-corrected chi connectivity index (χ0v) is 32.5. The molecule has 8 saturated carbocycles. The van der Waals surface area contributed by atoms with E-state index in [0.717, 1.165) is 85.5 Å². The lowest BCUT2D eigenvalue weighted by Gasteiger charge is -2.58. The first-order valence-electron chi connectivity index (χ1n) is 20.5. The molecule has 8 bridgehead atoms. The molecular weight excluding hydrogens is 688 g/mol. The highest BCUT2D eigenvalue weighted by atomic mass is 16.6. The SMILES string of the molecule is C=C(C)C(=O)OCCOCC(O)COc1c(C23CC4CC(CC(C4)C2)C3)ccc(C23CC4CC(CC(C4)C2)C3)c1OCC(O)COCCOC(=O)C(=C)C. The van der Waals surface area contributed by atoms with Crippen molar-refractivity contribution in [2.75, 3.05) is 52.9 Å². The normalized spacial score (nSPS) is 32.6. The van der Waals surface area contributed by atoms with Gasteiger partial charge in [-0.2, -0.15) is 0 Å². The molecule has 54 heavy (non-hydrogen) atoms. The maximum Gasteiger partial charge on any atom is 0.333 e. The fraction of sp³-hybridized carbons (Fsp3) is 0.727. The Kier molecular flexibility index (Phi) is 12.1. The molecule has 0 amide bonds. The summed E-state index contributed by atoms with van der Waals surface area (Å²) in [7, 11) is 0. The molecule has 2 N–H and O–H groups in total. The number of aliphatic hydroxyl groups excluding tert-OH is 2. The van der Waals surface area contributed by atoms with Crippen LogP contribution in [-0.4, -0.2) is 87.2 Å². The molecule has 10 nitrogen and oxygen atoms in total. The van der Waals surface area contributed by atoms with Gasteiger partial charge in [0.2, 0.25) is 0 Å². The summed E-state index contributed by atoms with van der Waals surface area (Å²) in [5.74, 6) is 4.86. The van der Waals surface area contributed by atoms with E-state index in [-0.39, 0.29) is 63.7 Å². The van der Waals surface area contributed by atoms with E-state index in [1.165, 1.54) is 49.7 Å². The Bertz CT molecular complexity index is 1360. The third-order valence-corrected chi connectivity index (χ3v) is 13.4. The van der Waals surface area contributed by atoms with Crippen LogP contribution < -0.4 is 9.47 Å². The standard InChI is InChI=1S/C44H62O10/c1-27(2)41(47)51-9-7-49-23-35(45)25-53-39-37(43-17-29-11-30(18-43)13-31(12-29)19-43)5-6-38(44-20-32-14-33(21-44)16-34(15-32)22-44)40(39)54-26-36(46)24-50-8-10-52-42(48)28(3)4/h5-6,29-36,45-46H,1,3,7-26H2,2,4H3. The predicted molar refractivity (Wildman–Crippen MR) is 202 cm³/mol. The first-order valence-corrected chi connectivity index (χ1v) is 20.5. The molecule has 1 aromatic carbocycles. The van der Waals surface area contributed by atoms with Crippen LogP contribution in [0.2, 0.25) is 0 Å². The number of ether oxygens (including phenoxy) is 6. The summed E-state index contributed by atoms with van der Waals surface area (Å²) in [6, 6.07) is 4.71. The van der Waals surface area contributed by atoms with E-state index in [1.807, 2.05) is 0 Å². The van der Waals surface area contributed by atoms with Crippen LogP contribution in [0.1, 0.15) is 102 Å². The highest BCUT2D eigenvalue weighted by Gasteiger charge is 2.55. The molecule has 0 saturated heterocycles. The summed E-state index contributed by atoms with van der Waals surface area (Å²) in [6.07, 6.45) is 13.0. The van der Waals surface area contributed by atoms with E-state index in [9.17, 15) is 19.8 Å². The minimum atomic E-state index is -0.917. The molecule has 8 aliphatic rings. The number of carbonyl (C=O) groups is 2. The third kappa shape index (κ3) is 8.72. The number of esters is 2. The van der Waals surface area contributed by atoms with Crippen molar-refractivity contribution in [1.29, 1.82) is 0 Å². The quantitative estimate of drug-likeness (QED) is 0.0881. The fourth-order valence-corrected chi connectivity index (χ4v) is 12.1. The second-order valence-corrected chi connectivity index (χ2v) is 18.1. The van der Waals surface area contributed by atoms with Gasteiger partial charge in [0.05, 0.1) is 26.4 Å². The largest absolute Gasteiger partial charge is 0.487 e. The highest BCUT2D eigenvalue weighted by molar-refractivity contribution is 5.87. The van der Waals surface area contributed by atoms with Gasteiger partial charge in [-0.25, -0.2) is 9.59 Å². The van der Waals surface area contributed by atoms with Gasteiger partial charge < -0.3 is 38.6 Å². The van der Waals surface area contributed by atoms with E-state index < -0.39 is 24.1 Å². The molecule has 1 aromatic rings. The van der Waals surface area contributed by atoms with Gasteiger partial charge in [-0.1, -0.05) is 25.3 Å². The minimum absolute atomic E-state index is 0.000238. The van der Waals surface area contributed by atoms with Gasteiger partial charge in [-0.05, 0) is 137 Å². The van der Waals surface area contributed by atoms with Gasteiger partial charge in [0.15, 0.2) is 11.5 Å². The highest BCUT2D eigenvalue weighted by Crippen LogP contribution is 2.66. The molecule has 2 atom stereocenters. The Morgan fingerprint density at radius 3 is 1.20 bits per heavy atom. The molecule has 0 spiro atoms. The Morgan fingerprint density at radius 1 is 0.593 bits per heavy atom. The second kappa shape index (κ2) is 16.7. The third-order valence-electron chi connectivity index (χ3n) is 13.4. The molecule has 2 unspecified atom stereocenters. The van der Waals surface area contributed by atoms with Crippen LogP contribution in [0.15, 0.2) is 36.4 Å². The number of carbonyl (C=O) groups excluding carboxylic acids is 2. The van der Waals surface area contributed by atoms with Crippen LogP contribution in [0.4, 0.5) is 0 Å². The molecule has 10 heteroatoms. The van der Waals surface area contributed by atoms with Crippen LogP contribution in [0.25, 0.3) is 0 Å². The Balaban J connectivity index is 1.13. The zero-order valence-electron chi connectivity index (χ0n) is 32.5. The van der Waals surface area contributed by atoms with E-state index in [2.05, 4.69) is 25.3 Å². The molecule has 9 rings (SSSR count). The first kappa shape index (κ1) is 39.3. The molecule has 298 valence electrons. The molecular formula is C44H62O10. The van der Waals surface area contributed by atoms with Crippen molar-refractivity contribution in [3.05, 3.63) is 47.6 Å².